The Balaban J connectivity index is 1.45. The highest BCUT2D eigenvalue weighted by atomic mass is 15.1. The number of nitrogens with zero attached hydrogens (tertiary/aromatic N) is 6. The lowest BCUT2D eigenvalue weighted by Gasteiger charge is -2.10. The van der Waals surface area contributed by atoms with Crippen LogP contribution in [0, 0.1) is 0 Å². The van der Waals surface area contributed by atoms with E-state index in [0.717, 1.165) is 67.7 Å². The van der Waals surface area contributed by atoms with Crippen LogP contribution in [0.2, 0.25) is 0 Å². The molecule has 6 heterocycles. The van der Waals surface area contributed by atoms with E-state index >= 15 is 0 Å². The fraction of sp³-hybridized carbons (Fsp3) is 0.115. The second kappa shape index (κ2) is 8.17. The summed E-state index contributed by atoms with van der Waals surface area (Å²) in [6, 6.07) is 10.3. The molecule has 0 spiro atoms. The molecule has 0 unspecified atom stereocenters. The molecule has 0 saturated heterocycles. The molecule has 8 nitrogen and oxygen atoms in total. The van der Waals surface area contributed by atoms with Gasteiger partial charge in [0.25, 0.3) is 0 Å². The minimum atomic E-state index is 0.822. The fourth-order valence-electron chi connectivity index (χ4n) is 4.30. The van der Waals surface area contributed by atoms with E-state index in [1.807, 2.05) is 57.2 Å². The number of aromatic nitrogens is 7. The topological polar surface area (TPSA) is 99.3 Å². The second-order valence-electron chi connectivity index (χ2n) is 8.57. The van der Waals surface area contributed by atoms with Crippen LogP contribution in [0.3, 0.4) is 0 Å². The van der Waals surface area contributed by atoms with Crippen molar-refractivity contribution in [1.29, 1.82) is 0 Å². The minimum Gasteiger partial charge on any atom is -0.352 e. The highest BCUT2D eigenvalue weighted by Gasteiger charge is 2.15. The number of rotatable bonds is 5. The van der Waals surface area contributed by atoms with Gasteiger partial charge >= 0.3 is 0 Å². The molecular formula is C26H22N8. The summed E-state index contributed by atoms with van der Waals surface area (Å²) >= 11 is 0. The number of pyridine rings is 4. The van der Waals surface area contributed by atoms with E-state index in [0.29, 0.717) is 0 Å². The molecule has 34 heavy (non-hydrogen) atoms. The Morgan fingerprint density at radius 1 is 0.794 bits per heavy atom. The smallest absolute Gasteiger partial charge is 0.116 e. The second-order valence-corrected chi connectivity index (χ2v) is 8.57. The van der Waals surface area contributed by atoms with E-state index < -0.39 is 0 Å². The van der Waals surface area contributed by atoms with Crippen LogP contribution < -0.4 is 0 Å². The Labute approximate surface area is 195 Å². The van der Waals surface area contributed by atoms with Gasteiger partial charge < -0.3 is 9.88 Å². The Morgan fingerprint density at radius 3 is 2.50 bits per heavy atom. The van der Waals surface area contributed by atoms with Gasteiger partial charge in [-0.2, -0.15) is 5.10 Å². The lowest BCUT2D eigenvalue weighted by Crippen LogP contribution is -2.10. The maximum atomic E-state index is 4.65. The normalized spacial score (nSPS) is 11.6. The van der Waals surface area contributed by atoms with Crippen molar-refractivity contribution < 1.29 is 0 Å². The van der Waals surface area contributed by atoms with Crippen LogP contribution in [0.1, 0.15) is 5.56 Å². The fourth-order valence-corrected chi connectivity index (χ4v) is 4.30. The Kier molecular flexibility index (Phi) is 4.85. The SMILES string of the molecule is CN(C)Cc1cncc(-c2cc3c(-c4cc5c(-c6ccncc6)cncc5[nH]4)n[nH]c3cn2)c1. The van der Waals surface area contributed by atoms with Crippen LogP contribution in [0.5, 0.6) is 0 Å². The summed E-state index contributed by atoms with van der Waals surface area (Å²) in [6.07, 6.45) is 12.9. The molecule has 0 atom stereocenters. The molecule has 166 valence electrons. The molecule has 0 aromatic carbocycles. The molecular weight excluding hydrogens is 424 g/mol. The quantitative estimate of drug-likeness (QED) is 0.399. The van der Waals surface area contributed by atoms with Crippen molar-refractivity contribution in [1.82, 2.24) is 40.0 Å². The van der Waals surface area contributed by atoms with Crippen LogP contribution in [0.15, 0.2) is 73.7 Å². The third kappa shape index (κ3) is 3.60. The largest absolute Gasteiger partial charge is 0.352 e. The predicted molar refractivity (Wildman–Crippen MR) is 133 cm³/mol. The van der Waals surface area contributed by atoms with E-state index in [1.165, 1.54) is 0 Å². The number of aromatic amines is 2. The third-order valence-electron chi connectivity index (χ3n) is 5.83. The molecule has 0 aliphatic heterocycles. The summed E-state index contributed by atoms with van der Waals surface area (Å²) in [5, 5.41) is 9.80. The summed E-state index contributed by atoms with van der Waals surface area (Å²) in [7, 11) is 4.09. The molecule has 6 aromatic heterocycles. The lowest BCUT2D eigenvalue weighted by molar-refractivity contribution is 0.402. The van der Waals surface area contributed by atoms with Gasteiger partial charge in [-0.3, -0.25) is 25.0 Å². The minimum absolute atomic E-state index is 0.822. The van der Waals surface area contributed by atoms with E-state index in [-0.39, 0.29) is 0 Å². The van der Waals surface area contributed by atoms with Gasteiger partial charge in [-0.25, -0.2) is 0 Å². The van der Waals surface area contributed by atoms with E-state index in [1.54, 1.807) is 12.4 Å². The first-order chi connectivity index (χ1) is 16.7. The molecule has 6 rings (SSSR count). The molecule has 0 aliphatic carbocycles. The van der Waals surface area contributed by atoms with Gasteiger partial charge in [-0.1, -0.05) is 0 Å². The first-order valence-electron chi connectivity index (χ1n) is 11.0. The van der Waals surface area contributed by atoms with Gasteiger partial charge in [-0.05, 0) is 55.6 Å². The van der Waals surface area contributed by atoms with E-state index in [9.17, 15) is 0 Å². The molecule has 8 heteroatoms. The molecule has 0 bridgehead atoms. The zero-order valence-corrected chi connectivity index (χ0v) is 18.8. The molecule has 0 fully saturated rings. The van der Waals surface area contributed by atoms with Crippen LogP contribution in [-0.4, -0.2) is 54.1 Å². The first-order valence-corrected chi connectivity index (χ1v) is 11.0. The Morgan fingerprint density at radius 2 is 1.65 bits per heavy atom. The van der Waals surface area contributed by atoms with Crippen molar-refractivity contribution in [2.45, 2.75) is 6.54 Å². The van der Waals surface area contributed by atoms with Gasteiger partial charge in [0.2, 0.25) is 0 Å². The molecule has 0 saturated carbocycles. The molecule has 6 aromatic rings. The van der Waals surface area contributed by atoms with Gasteiger partial charge in [0, 0.05) is 59.4 Å². The van der Waals surface area contributed by atoms with Gasteiger partial charge in [0.1, 0.15) is 5.69 Å². The van der Waals surface area contributed by atoms with Crippen molar-refractivity contribution >= 4 is 21.8 Å². The van der Waals surface area contributed by atoms with Crippen LogP contribution >= 0.6 is 0 Å². The summed E-state index contributed by atoms with van der Waals surface area (Å²) in [5.41, 5.74) is 8.69. The summed E-state index contributed by atoms with van der Waals surface area (Å²) in [4.78, 5) is 23.2. The first kappa shape index (κ1) is 20.2. The zero-order chi connectivity index (χ0) is 23.1. The summed E-state index contributed by atoms with van der Waals surface area (Å²) in [6.45, 7) is 0.822. The van der Waals surface area contributed by atoms with Crippen molar-refractivity contribution in [3.8, 4) is 33.8 Å². The molecule has 0 aliphatic rings. The van der Waals surface area contributed by atoms with E-state index in [2.05, 4.69) is 58.2 Å². The average Bonchev–Trinajstić information content (AvgIpc) is 3.48. The number of hydrogen-bond acceptors (Lipinski definition) is 6. The van der Waals surface area contributed by atoms with Crippen LogP contribution in [0.4, 0.5) is 0 Å². The van der Waals surface area contributed by atoms with Crippen LogP contribution in [-0.2, 0) is 6.54 Å². The van der Waals surface area contributed by atoms with Gasteiger partial charge in [0.15, 0.2) is 0 Å². The van der Waals surface area contributed by atoms with Gasteiger partial charge in [-0.15, -0.1) is 0 Å². The number of nitrogens with one attached hydrogen (secondary N) is 2. The van der Waals surface area contributed by atoms with Crippen LogP contribution in [0.25, 0.3) is 55.6 Å². The Bertz CT molecular complexity index is 1610. The molecule has 0 amide bonds. The maximum absolute atomic E-state index is 4.65. The summed E-state index contributed by atoms with van der Waals surface area (Å²) in [5.74, 6) is 0. The summed E-state index contributed by atoms with van der Waals surface area (Å²) < 4.78 is 0. The van der Waals surface area contributed by atoms with Crippen molar-refractivity contribution in [2.24, 2.45) is 0 Å². The van der Waals surface area contributed by atoms with Gasteiger partial charge in [0.05, 0.1) is 34.8 Å². The maximum Gasteiger partial charge on any atom is 0.116 e. The third-order valence-corrected chi connectivity index (χ3v) is 5.83. The van der Waals surface area contributed by atoms with Crippen molar-refractivity contribution in [3.05, 3.63) is 79.3 Å². The van der Waals surface area contributed by atoms with Crippen molar-refractivity contribution in [2.75, 3.05) is 14.1 Å². The molecule has 0 radical (unpaired) electrons. The van der Waals surface area contributed by atoms with Crippen molar-refractivity contribution in [3.63, 3.8) is 0 Å². The number of fused-ring (bicyclic) bond motifs is 2. The molecule has 2 N–H and O–H groups in total. The average molecular weight is 447 g/mol. The Hall–Kier alpha value is -4.43. The number of H-pyrrole nitrogens is 2. The number of hydrogen-bond donors (Lipinski definition) is 2. The zero-order valence-electron chi connectivity index (χ0n) is 18.8. The standard InChI is InChI=1S/C26H22N8/c1-34(2)15-16-7-18(11-28-10-16)22-9-20-25(14-30-22)32-33-26(20)23-8-19-21(12-29-13-24(19)31-23)17-3-5-27-6-4-17/h3-14,31H,15H2,1-2H3,(H,32,33). The van der Waals surface area contributed by atoms with E-state index in [4.69, 9.17) is 0 Å². The highest BCUT2D eigenvalue weighted by molar-refractivity contribution is 6.01. The highest BCUT2D eigenvalue weighted by Crippen LogP contribution is 2.34. The monoisotopic (exact) mass is 446 g/mol. The lowest BCUT2D eigenvalue weighted by atomic mass is 10.1. The predicted octanol–water partition coefficient (Wildman–Crippen LogP) is 4.69.